The molecule has 0 bridgehead atoms. The van der Waals surface area contributed by atoms with E-state index in [1.807, 2.05) is 17.8 Å². The fourth-order valence-electron chi connectivity index (χ4n) is 2.30. The van der Waals surface area contributed by atoms with Crippen LogP contribution in [0.3, 0.4) is 0 Å². The third-order valence-corrected chi connectivity index (χ3v) is 6.15. The van der Waals surface area contributed by atoms with Crippen LogP contribution in [0.4, 0.5) is 0 Å². The highest BCUT2D eigenvalue weighted by Crippen LogP contribution is 2.16. The Labute approximate surface area is 131 Å². The molecular weight excluding hydrogens is 306 g/mol. The first-order valence-electron chi connectivity index (χ1n) is 7.12. The normalized spacial score (nSPS) is 17.0. The molecule has 1 aromatic carbocycles. The second-order valence-corrected chi connectivity index (χ2v) is 8.12. The quantitative estimate of drug-likeness (QED) is 0.807. The van der Waals surface area contributed by atoms with Gasteiger partial charge >= 0.3 is 0 Å². The lowest BCUT2D eigenvalue weighted by Gasteiger charge is -2.26. The molecule has 3 N–H and O–H groups in total. The van der Waals surface area contributed by atoms with Crippen molar-refractivity contribution in [2.24, 2.45) is 5.73 Å². The standard InChI is InChI=1S/C14H23N3O2S2/c1-12-2-3-13(11-15)10-14(12)21(18,19)16-4-5-17-6-8-20-9-7-17/h2-3,10,16H,4-9,11,15H2,1H3. The maximum atomic E-state index is 12.4. The van der Waals surface area contributed by atoms with Gasteiger partial charge in [-0.3, -0.25) is 0 Å². The van der Waals surface area contributed by atoms with E-state index in [9.17, 15) is 8.42 Å². The minimum Gasteiger partial charge on any atom is -0.326 e. The van der Waals surface area contributed by atoms with Crippen molar-refractivity contribution in [3.63, 3.8) is 0 Å². The molecule has 1 heterocycles. The van der Waals surface area contributed by atoms with Gasteiger partial charge in [0.1, 0.15) is 0 Å². The average molecular weight is 329 g/mol. The molecule has 1 aliphatic rings. The number of rotatable bonds is 6. The van der Waals surface area contributed by atoms with Gasteiger partial charge in [-0.15, -0.1) is 0 Å². The maximum absolute atomic E-state index is 12.4. The summed E-state index contributed by atoms with van der Waals surface area (Å²) in [7, 11) is -3.46. The average Bonchev–Trinajstić information content (AvgIpc) is 2.48. The highest BCUT2D eigenvalue weighted by Gasteiger charge is 2.18. The van der Waals surface area contributed by atoms with E-state index in [1.54, 1.807) is 19.1 Å². The summed E-state index contributed by atoms with van der Waals surface area (Å²) in [5, 5.41) is 0. The van der Waals surface area contributed by atoms with Gasteiger partial charge in [-0.05, 0) is 24.1 Å². The Hall–Kier alpha value is -0.600. The Morgan fingerprint density at radius 1 is 1.33 bits per heavy atom. The van der Waals surface area contributed by atoms with Crippen LogP contribution in [0.5, 0.6) is 0 Å². The first kappa shape index (κ1) is 16.8. The third kappa shape index (κ3) is 4.69. The van der Waals surface area contributed by atoms with Gasteiger partial charge in [0.05, 0.1) is 4.90 Å². The van der Waals surface area contributed by atoms with Gasteiger partial charge in [-0.1, -0.05) is 12.1 Å². The molecule has 1 saturated heterocycles. The third-order valence-electron chi connectivity index (χ3n) is 3.60. The Balaban J connectivity index is 1.97. The minimum atomic E-state index is -3.46. The summed E-state index contributed by atoms with van der Waals surface area (Å²) in [6.07, 6.45) is 0. The van der Waals surface area contributed by atoms with Crippen LogP contribution in [-0.2, 0) is 16.6 Å². The van der Waals surface area contributed by atoms with Crippen LogP contribution in [0, 0.1) is 6.92 Å². The van der Waals surface area contributed by atoms with Gasteiger partial charge in [0, 0.05) is 44.2 Å². The van der Waals surface area contributed by atoms with Gasteiger partial charge in [-0.25, -0.2) is 13.1 Å². The number of thioether (sulfide) groups is 1. The smallest absolute Gasteiger partial charge is 0.240 e. The molecule has 0 aliphatic carbocycles. The molecule has 0 aromatic heterocycles. The Morgan fingerprint density at radius 2 is 2.05 bits per heavy atom. The summed E-state index contributed by atoms with van der Waals surface area (Å²) in [5.74, 6) is 2.26. The van der Waals surface area contributed by atoms with Crippen molar-refractivity contribution in [3.05, 3.63) is 29.3 Å². The lowest BCUT2D eigenvalue weighted by atomic mass is 10.1. The number of nitrogens with one attached hydrogen (secondary N) is 1. The molecule has 118 valence electrons. The SMILES string of the molecule is Cc1ccc(CN)cc1S(=O)(=O)NCCN1CCSCC1. The maximum Gasteiger partial charge on any atom is 0.240 e. The summed E-state index contributed by atoms with van der Waals surface area (Å²) < 4.78 is 27.5. The zero-order valence-electron chi connectivity index (χ0n) is 12.3. The van der Waals surface area contributed by atoms with Gasteiger partial charge in [0.25, 0.3) is 0 Å². The van der Waals surface area contributed by atoms with Crippen LogP contribution in [0.25, 0.3) is 0 Å². The molecule has 0 unspecified atom stereocenters. The van der Waals surface area contributed by atoms with E-state index in [2.05, 4.69) is 9.62 Å². The molecule has 0 spiro atoms. The molecule has 0 amide bonds. The fraction of sp³-hybridized carbons (Fsp3) is 0.571. The zero-order valence-corrected chi connectivity index (χ0v) is 14.0. The lowest BCUT2D eigenvalue weighted by molar-refractivity contribution is 0.307. The van der Waals surface area contributed by atoms with Crippen LogP contribution in [-0.4, -0.2) is 51.0 Å². The van der Waals surface area contributed by atoms with Gasteiger partial charge < -0.3 is 10.6 Å². The molecule has 2 rings (SSSR count). The summed E-state index contributed by atoms with van der Waals surface area (Å²) >= 11 is 1.95. The fourth-order valence-corrected chi connectivity index (χ4v) is 4.59. The van der Waals surface area contributed by atoms with Crippen LogP contribution in [0.2, 0.25) is 0 Å². The number of sulfonamides is 1. The molecule has 0 atom stereocenters. The van der Waals surface area contributed by atoms with Crippen molar-refractivity contribution in [2.45, 2.75) is 18.4 Å². The molecule has 1 fully saturated rings. The largest absolute Gasteiger partial charge is 0.326 e. The monoisotopic (exact) mass is 329 g/mol. The molecule has 1 aromatic rings. The van der Waals surface area contributed by atoms with Gasteiger partial charge in [0.15, 0.2) is 0 Å². The molecule has 21 heavy (non-hydrogen) atoms. The minimum absolute atomic E-state index is 0.333. The summed E-state index contributed by atoms with van der Waals surface area (Å²) in [5.41, 5.74) is 7.16. The first-order chi connectivity index (χ1) is 10.0. The highest BCUT2D eigenvalue weighted by atomic mass is 32.2. The predicted octanol–water partition coefficient (Wildman–Crippen LogP) is 0.781. The van der Waals surface area contributed by atoms with E-state index in [4.69, 9.17) is 5.73 Å². The highest BCUT2D eigenvalue weighted by molar-refractivity contribution is 7.99. The Morgan fingerprint density at radius 3 is 2.71 bits per heavy atom. The van der Waals surface area contributed by atoms with Crippen LogP contribution >= 0.6 is 11.8 Å². The van der Waals surface area contributed by atoms with Crippen molar-refractivity contribution in [1.29, 1.82) is 0 Å². The van der Waals surface area contributed by atoms with Crippen LogP contribution in [0.1, 0.15) is 11.1 Å². The number of hydrogen-bond donors (Lipinski definition) is 2. The number of aryl methyl sites for hydroxylation is 1. The van der Waals surface area contributed by atoms with E-state index >= 15 is 0 Å². The Kier molecular flexibility index (Phi) is 6.07. The van der Waals surface area contributed by atoms with Gasteiger partial charge in [-0.2, -0.15) is 11.8 Å². The number of nitrogens with zero attached hydrogens (tertiary/aromatic N) is 1. The van der Waals surface area contributed by atoms with Crippen molar-refractivity contribution in [1.82, 2.24) is 9.62 Å². The molecule has 0 radical (unpaired) electrons. The van der Waals surface area contributed by atoms with Crippen molar-refractivity contribution in [2.75, 3.05) is 37.7 Å². The van der Waals surface area contributed by atoms with Crippen molar-refractivity contribution < 1.29 is 8.42 Å². The molecular formula is C14H23N3O2S2. The second-order valence-electron chi connectivity index (χ2n) is 5.16. The number of benzene rings is 1. The van der Waals surface area contributed by atoms with Crippen molar-refractivity contribution in [3.8, 4) is 0 Å². The predicted molar refractivity (Wildman–Crippen MR) is 88.0 cm³/mol. The number of nitrogens with two attached hydrogens (primary N) is 1. The van der Waals surface area contributed by atoms with Gasteiger partial charge in [0.2, 0.25) is 10.0 Å². The topological polar surface area (TPSA) is 75.4 Å². The van der Waals surface area contributed by atoms with E-state index in [-0.39, 0.29) is 0 Å². The van der Waals surface area contributed by atoms with Crippen molar-refractivity contribution >= 4 is 21.8 Å². The molecule has 5 nitrogen and oxygen atoms in total. The van der Waals surface area contributed by atoms with Crippen LogP contribution in [0.15, 0.2) is 23.1 Å². The van der Waals surface area contributed by atoms with E-state index in [0.717, 1.165) is 42.3 Å². The molecule has 0 saturated carbocycles. The molecule has 7 heteroatoms. The van der Waals surface area contributed by atoms with E-state index in [0.29, 0.717) is 18.0 Å². The number of hydrogen-bond acceptors (Lipinski definition) is 5. The van der Waals surface area contributed by atoms with E-state index in [1.165, 1.54) is 0 Å². The Bertz CT molecular complexity index is 570. The summed E-state index contributed by atoms with van der Waals surface area (Å²) in [6.45, 7) is 5.42. The first-order valence-corrected chi connectivity index (χ1v) is 9.76. The summed E-state index contributed by atoms with van der Waals surface area (Å²) in [4.78, 5) is 2.63. The van der Waals surface area contributed by atoms with Crippen LogP contribution < -0.4 is 10.5 Å². The van der Waals surface area contributed by atoms with E-state index < -0.39 is 10.0 Å². The lowest BCUT2D eigenvalue weighted by Crippen LogP contribution is -2.39. The second kappa shape index (κ2) is 7.60. The summed E-state index contributed by atoms with van der Waals surface area (Å²) in [6, 6.07) is 5.33. The zero-order chi connectivity index (χ0) is 15.3. The molecule has 1 aliphatic heterocycles.